The number of phenolic OH excluding ortho intramolecular Hbond substituents is 1. The number of halogens is 2. The molecule has 328 valence electrons. The average Bonchev–Trinajstić information content (AvgIpc) is 3.95. The predicted octanol–water partition coefficient (Wildman–Crippen LogP) is 6.12. The van der Waals surface area contributed by atoms with Crippen LogP contribution in [0.2, 0.25) is 10.0 Å². The van der Waals surface area contributed by atoms with Crippen molar-refractivity contribution >= 4 is 73.3 Å². The Kier molecular flexibility index (Phi) is 9.63. The van der Waals surface area contributed by atoms with Crippen LogP contribution in [0.15, 0.2) is 80.6 Å². The zero-order valence-corrected chi connectivity index (χ0v) is 37.7. The number of hydrogen-bond acceptors (Lipinski definition) is 11. The van der Waals surface area contributed by atoms with Crippen LogP contribution in [0.25, 0.3) is 31.7 Å². The van der Waals surface area contributed by atoms with E-state index in [1.807, 2.05) is 25.1 Å². The van der Waals surface area contributed by atoms with Gasteiger partial charge >= 0.3 is 11.4 Å². The minimum atomic E-state index is -1.47. The molecular formula is C45H40Cl2N8O8S. The van der Waals surface area contributed by atoms with Crippen LogP contribution in [0, 0.1) is 18.3 Å². The minimum Gasteiger partial charge on any atom is -0.508 e. The summed E-state index contributed by atoms with van der Waals surface area (Å²) >= 11 is 14.4. The molecule has 2 amide bonds. The van der Waals surface area contributed by atoms with E-state index in [0.717, 1.165) is 30.0 Å². The van der Waals surface area contributed by atoms with Crippen molar-refractivity contribution in [3.63, 3.8) is 0 Å². The fourth-order valence-corrected chi connectivity index (χ4v) is 11.6. The highest BCUT2D eigenvalue weighted by Crippen LogP contribution is 2.62. The molecule has 0 spiro atoms. The summed E-state index contributed by atoms with van der Waals surface area (Å²) in [5.41, 5.74) is 0.355. The summed E-state index contributed by atoms with van der Waals surface area (Å²) in [6, 6.07) is 14.4. The normalized spacial score (nSPS) is 20.5. The number of hydrogen-bond donors (Lipinski definition) is 1. The lowest BCUT2D eigenvalue weighted by Crippen LogP contribution is -2.49. The molecule has 1 saturated heterocycles. The lowest BCUT2D eigenvalue weighted by Gasteiger charge is -2.47. The third-order valence-electron chi connectivity index (χ3n) is 13.4. The number of amides is 2. The van der Waals surface area contributed by atoms with E-state index in [0.29, 0.717) is 49.4 Å². The quantitative estimate of drug-likeness (QED) is 0.138. The van der Waals surface area contributed by atoms with Gasteiger partial charge in [-0.1, -0.05) is 29.3 Å². The van der Waals surface area contributed by atoms with Gasteiger partial charge in [-0.25, -0.2) is 33.4 Å². The highest BCUT2D eigenvalue weighted by atomic mass is 35.5. The Labute approximate surface area is 377 Å². The maximum absolute atomic E-state index is 15.2. The number of aryl methyl sites for hydroxylation is 4. The maximum atomic E-state index is 15.2. The highest BCUT2D eigenvalue weighted by Gasteiger charge is 2.66. The van der Waals surface area contributed by atoms with E-state index in [1.165, 1.54) is 56.3 Å². The first-order valence-corrected chi connectivity index (χ1v) is 22.0. The SMILES string of the molecule is COc1cc2nc(CCn3c(=O)n4n(c3=O)[C@@H]3C[C@H]5C(=O)N(c6cc(-c7sc8ccc(Cl)cc8c7C)nn6C)C(=O)[C@@]5(C)[C@@H](c5cc(Cl)ccc5O)C3=CC4)c(=O)n(C)c2cc1OC. The Bertz CT molecular complexity index is 3410. The molecule has 16 nitrogen and oxygen atoms in total. The summed E-state index contributed by atoms with van der Waals surface area (Å²) in [6.07, 6.45) is 1.73. The van der Waals surface area contributed by atoms with E-state index in [1.54, 1.807) is 51.4 Å². The number of phenols is 1. The number of allylic oxidation sites excluding steroid dienone is 2. The smallest absolute Gasteiger partial charge is 0.347 e. The van der Waals surface area contributed by atoms with Crippen molar-refractivity contribution in [2.75, 3.05) is 19.1 Å². The largest absolute Gasteiger partial charge is 0.508 e. The number of nitrogens with zero attached hydrogens (tertiary/aromatic N) is 8. The first-order valence-electron chi connectivity index (χ1n) is 20.4. The molecule has 3 aromatic carbocycles. The van der Waals surface area contributed by atoms with Crippen molar-refractivity contribution in [1.82, 2.24) is 33.3 Å². The summed E-state index contributed by atoms with van der Waals surface area (Å²) in [6.45, 7) is 3.48. The number of benzene rings is 3. The number of imide groups is 1. The zero-order chi connectivity index (χ0) is 45.3. The molecule has 3 aliphatic rings. The van der Waals surface area contributed by atoms with Crippen LogP contribution < -0.4 is 31.3 Å². The zero-order valence-electron chi connectivity index (χ0n) is 35.4. The number of ether oxygens (including phenoxy) is 2. The number of rotatable bonds is 8. The third-order valence-corrected chi connectivity index (χ3v) is 15.1. The van der Waals surface area contributed by atoms with Crippen molar-refractivity contribution in [2.24, 2.45) is 25.4 Å². The highest BCUT2D eigenvalue weighted by molar-refractivity contribution is 7.22. The average molecular weight is 924 g/mol. The lowest BCUT2D eigenvalue weighted by atomic mass is 9.56. The molecule has 0 radical (unpaired) electrons. The molecule has 6 heterocycles. The number of anilines is 1. The molecule has 1 saturated carbocycles. The monoisotopic (exact) mass is 922 g/mol. The molecule has 19 heteroatoms. The van der Waals surface area contributed by atoms with Crippen molar-refractivity contribution in [1.29, 1.82) is 0 Å². The molecule has 0 unspecified atom stereocenters. The van der Waals surface area contributed by atoms with Gasteiger partial charge in [0, 0.05) is 71.5 Å². The van der Waals surface area contributed by atoms with E-state index < -0.39 is 52.0 Å². The molecule has 7 aromatic rings. The van der Waals surface area contributed by atoms with Crippen LogP contribution in [-0.4, -0.2) is 64.4 Å². The molecule has 4 aromatic heterocycles. The number of carbonyl (C=O) groups is 2. The maximum Gasteiger partial charge on any atom is 0.347 e. The van der Waals surface area contributed by atoms with Gasteiger partial charge in [-0.15, -0.1) is 11.3 Å². The topological polar surface area (TPSA) is 178 Å². The molecule has 10 rings (SSSR count). The number of thiophene rings is 1. The summed E-state index contributed by atoms with van der Waals surface area (Å²) in [7, 11) is 6.26. The molecule has 1 N–H and O–H groups in total. The molecule has 0 bridgehead atoms. The van der Waals surface area contributed by atoms with Gasteiger partial charge in [0.2, 0.25) is 11.8 Å². The van der Waals surface area contributed by atoms with Crippen LogP contribution in [0.5, 0.6) is 17.2 Å². The minimum absolute atomic E-state index is 0.0104. The van der Waals surface area contributed by atoms with Crippen molar-refractivity contribution in [3.05, 3.63) is 124 Å². The van der Waals surface area contributed by atoms with Gasteiger partial charge in [-0.3, -0.25) is 19.1 Å². The van der Waals surface area contributed by atoms with Crippen LogP contribution in [0.1, 0.15) is 42.1 Å². The summed E-state index contributed by atoms with van der Waals surface area (Å²) in [4.78, 5) is 79.1. The molecule has 2 aliphatic heterocycles. The van der Waals surface area contributed by atoms with Crippen LogP contribution in [0.4, 0.5) is 5.82 Å². The van der Waals surface area contributed by atoms with Crippen LogP contribution in [-0.2, 0) is 43.2 Å². The third kappa shape index (κ3) is 5.89. The summed E-state index contributed by atoms with van der Waals surface area (Å²) in [5.74, 6) is -2.02. The van der Waals surface area contributed by atoms with E-state index in [2.05, 4.69) is 4.98 Å². The van der Waals surface area contributed by atoms with E-state index in [-0.39, 0.29) is 43.2 Å². The number of carbonyl (C=O) groups excluding carboxylic acids is 2. The predicted molar refractivity (Wildman–Crippen MR) is 242 cm³/mol. The molecular weight excluding hydrogens is 884 g/mol. The van der Waals surface area contributed by atoms with Gasteiger partial charge in [0.05, 0.1) is 54.0 Å². The Balaban J connectivity index is 1.05. The van der Waals surface area contributed by atoms with E-state index >= 15 is 4.79 Å². The first kappa shape index (κ1) is 41.6. The van der Waals surface area contributed by atoms with Gasteiger partial charge in [0.15, 0.2) is 11.5 Å². The van der Waals surface area contributed by atoms with E-state index in [4.69, 9.17) is 37.8 Å². The lowest BCUT2D eigenvalue weighted by molar-refractivity contribution is -0.129. The van der Waals surface area contributed by atoms with Gasteiger partial charge < -0.3 is 19.1 Å². The fourth-order valence-electron chi connectivity index (χ4n) is 10.1. The number of aromatic hydroxyl groups is 1. The fraction of sp³-hybridized carbons (Fsp3) is 0.311. The number of methoxy groups -OCH3 is 2. The molecule has 2 fully saturated rings. The summed E-state index contributed by atoms with van der Waals surface area (Å²) in [5, 5.41) is 18.1. The Morgan fingerprint density at radius 3 is 2.41 bits per heavy atom. The van der Waals surface area contributed by atoms with Gasteiger partial charge in [-0.05, 0) is 73.2 Å². The Morgan fingerprint density at radius 1 is 0.938 bits per heavy atom. The first-order chi connectivity index (χ1) is 30.6. The van der Waals surface area contributed by atoms with Gasteiger partial charge in [-0.2, -0.15) is 5.10 Å². The van der Waals surface area contributed by atoms with Gasteiger partial charge in [0.25, 0.3) is 5.56 Å². The van der Waals surface area contributed by atoms with Crippen molar-refractivity contribution in [3.8, 4) is 27.8 Å². The van der Waals surface area contributed by atoms with Crippen LogP contribution >= 0.6 is 34.5 Å². The van der Waals surface area contributed by atoms with Crippen molar-refractivity contribution < 1.29 is 24.2 Å². The number of aromatic nitrogens is 7. The van der Waals surface area contributed by atoms with Crippen molar-refractivity contribution in [2.45, 2.75) is 51.7 Å². The van der Waals surface area contributed by atoms with Crippen LogP contribution in [0.3, 0.4) is 0 Å². The molecule has 1 aliphatic carbocycles. The second kappa shape index (κ2) is 14.8. The molecule has 4 atom stereocenters. The van der Waals surface area contributed by atoms with Gasteiger partial charge in [0.1, 0.15) is 23.0 Å². The second-order valence-corrected chi connectivity index (χ2v) is 18.6. The Morgan fingerprint density at radius 2 is 1.66 bits per heavy atom. The second-order valence-electron chi connectivity index (χ2n) is 16.6. The molecule has 64 heavy (non-hydrogen) atoms. The van der Waals surface area contributed by atoms with E-state index in [9.17, 15) is 24.3 Å². The standard InChI is InChI=1S/C45H40Cl2N8O8S/c1-21-25-15-23(47)8-10-36(25)64-39(21)30-19-37(51(4)49-30)54-40(57)27-17-31-24(38(45(27,2)42(54)59)26-16-22(46)7-9-33(26)56)11-14-53-43(60)52(44(61)55(31)53)13-12-28-41(58)50(3)32-20-35(63-6)34(62-5)18-29(32)48-28/h7-11,15-16,18-20,27,31,38,56H,12-14,17H2,1-6H3/t27-,31+,38+,45+/m0/s1. The number of fused-ring (bicyclic) bond motifs is 6. The summed E-state index contributed by atoms with van der Waals surface area (Å²) < 4.78 is 18.5. The Hall–Kier alpha value is -6.43.